The molecule has 21 heavy (non-hydrogen) atoms. The standard InChI is InChI=1S/C16H16N2O3/c1-9-8-14(20)15(10(2)16(9)21)18(11(3)19)13-6-4-12(17)5-7-13/h4-8H,17H2,1-3H3. The van der Waals surface area contributed by atoms with Gasteiger partial charge in [-0.15, -0.1) is 0 Å². The molecule has 0 fully saturated rings. The average molecular weight is 284 g/mol. The first-order valence-electron chi connectivity index (χ1n) is 6.47. The molecule has 5 nitrogen and oxygen atoms in total. The van der Waals surface area contributed by atoms with E-state index in [0.717, 1.165) is 0 Å². The summed E-state index contributed by atoms with van der Waals surface area (Å²) in [6.45, 7) is 4.49. The molecule has 0 radical (unpaired) electrons. The summed E-state index contributed by atoms with van der Waals surface area (Å²) in [5, 5.41) is 0. The van der Waals surface area contributed by atoms with Gasteiger partial charge in [0.05, 0.1) is 0 Å². The van der Waals surface area contributed by atoms with Crippen LogP contribution >= 0.6 is 0 Å². The number of nitrogen functional groups attached to an aromatic ring is 1. The molecule has 108 valence electrons. The lowest BCUT2D eigenvalue weighted by molar-refractivity contribution is -0.118. The average Bonchev–Trinajstić information content (AvgIpc) is 2.42. The minimum Gasteiger partial charge on any atom is -0.399 e. The van der Waals surface area contributed by atoms with Crippen LogP contribution in [0.25, 0.3) is 0 Å². The van der Waals surface area contributed by atoms with Gasteiger partial charge in [0.25, 0.3) is 0 Å². The van der Waals surface area contributed by atoms with Crippen LogP contribution in [0.15, 0.2) is 47.2 Å². The third kappa shape index (κ3) is 2.63. The first-order valence-corrected chi connectivity index (χ1v) is 6.47. The van der Waals surface area contributed by atoms with Crippen molar-refractivity contribution in [3.05, 3.63) is 47.2 Å². The van der Waals surface area contributed by atoms with Gasteiger partial charge < -0.3 is 5.73 Å². The second kappa shape index (κ2) is 5.36. The van der Waals surface area contributed by atoms with Gasteiger partial charge in [-0.1, -0.05) is 0 Å². The Labute approximate surface area is 122 Å². The lowest BCUT2D eigenvalue weighted by atomic mass is 9.94. The molecule has 1 aromatic carbocycles. The first-order chi connectivity index (χ1) is 9.82. The van der Waals surface area contributed by atoms with Crippen LogP contribution < -0.4 is 10.6 Å². The number of carbonyl (C=O) groups excluding carboxylic acids is 3. The van der Waals surface area contributed by atoms with E-state index >= 15 is 0 Å². The summed E-state index contributed by atoms with van der Waals surface area (Å²) in [5.74, 6) is -0.925. The number of nitrogens with zero attached hydrogens (tertiary/aromatic N) is 1. The van der Waals surface area contributed by atoms with Crippen molar-refractivity contribution in [1.82, 2.24) is 0 Å². The topological polar surface area (TPSA) is 80.5 Å². The molecule has 0 saturated carbocycles. The van der Waals surface area contributed by atoms with Crippen LogP contribution in [0.5, 0.6) is 0 Å². The number of rotatable bonds is 2. The van der Waals surface area contributed by atoms with Crippen LogP contribution in [-0.4, -0.2) is 17.5 Å². The number of benzene rings is 1. The highest BCUT2D eigenvalue weighted by Gasteiger charge is 2.30. The van der Waals surface area contributed by atoms with E-state index < -0.39 is 0 Å². The molecule has 0 aromatic heterocycles. The number of amides is 1. The summed E-state index contributed by atoms with van der Waals surface area (Å²) in [6.07, 6.45) is 1.26. The number of Topliss-reactive ketones (excluding diaryl/α,β-unsaturated/α-hetero) is 1. The molecular formula is C16H16N2O3. The molecule has 1 aliphatic carbocycles. The number of nitrogens with two attached hydrogens (primary N) is 1. The monoisotopic (exact) mass is 284 g/mol. The van der Waals surface area contributed by atoms with Crippen LogP contribution in [-0.2, 0) is 14.4 Å². The molecule has 0 unspecified atom stereocenters. The van der Waals surface area contributed by atoms with Gasteiger partial charge in [-0.2, -0.15) is 0 Å². The Morgan fingerprint density at radius 2 is 1.67 bits per heavy atom. The summed E-state index contributed by atoms with van der Waals surface area (Å²) in [4.78, 5) is 37.5. The number of hydrogen-bond donors (Lipinski definition) is 1. The van der Waals surface area contributed by atoms with Gasteiger partial charge in [-0.25, -0.2) is 0 Å². The summed E-state index contributed by atoms with van der Waals surface area (Å²) in [7, 11) is 0. The van der Waals surface area contributed by atoms with E-state index in [1.54, 1.807) is 38.1 Å². The highest BCUT2D eigenvalue weighted by Crippen LogP contribution is 2.27. The summed E-state index contributed by atoms with van der Waals surface area (Å²) < 4.78 is 0. The number of ketones is 2. The fraction of sp³-hybridized carbons (Fsp3) is 0.188. The van der Waals surface area contributed by atoms with Gasteiger partial charge >= 0.3 is 0 Å². The highest BCUT2D eigenvalue weighted by molar-refractivity contribution is 6.25. The predicted octanol–water partition coefficient (Wildman–Crippen LogP) is 1.99. The molecular weight excluding hydrogens is 268 g/mol. The fourth-order valence-electron chi connectivity index (χ4n) is 2.29. The Balaban J connectivity index is 2.58. The molecule has 1 aliphatic rings. The Hall–Kier alpha value is -2.69. The number of allylic oxidation sites excluding steroid dienone is 3. The maximum Gasteiger partial charge on any atom is 0.228 e. The molecule has 1 aromatic rings. The second-order valence-electron chi connectivity index (χ2n) is 4.94. The van der Waals surface area contributed by atoms with E-state index in [1.807, 2.05) is 0 Å². The Bertz CT molecular complexity index is 697. The van der Waals surface area contributed by atoms with E-state index in [2.05, 4.69) is 0 Å². The maximum atomic E-state index is 12.2. The fourth-order valence-corrected chi connectivity index (χ4v) is 2.29. The molecule has 0 bridgehead atoms. The van der Waals surface area contributed by atoms with Gasteiger partial charge in [0, 0.05) is 29.4 Å². The van der Waals surface area contributed by atoms with Crippen molar-refractivity contribution in [1.29, 1.82) is 0 Å². The van der Waals surface area contributed by atoms with Gasteiger partial charge in [-0.05, 0) is 44.2 Å². The molecule has 1 amide bonds. The van der Waals surface area contributed by atoms with Crippen molar-refractivity contribution < 1.29 is 14.4 Å². The third-order valence-electron chi connectivity index (χ3n) is 3.32. The molecule has 0 spiro atoms. The van der Waals surface area contributed by atoms with Crippen LogP contribution in [0.4, 0.5) is 11.4 Å². The van der Waals surface area contributed by atoms with Crippen molar-refractivity contribution in [3.8, 4) is 0 Å². The maximum absolute atomic E-state index is 12.2. The van der Waals surface area contributed by atoms with Gasteiger partial charge in [0.1, 0.15) is 5.70 Å². The zero-order valence-corrected chi connectivity index (χ0v) is 12.1. The van der Waals surface area contributed by atoms with Crippen molar-refractivity contribution in [2.45, 2.75) is 20.8 Å². The third-order valence-corrected chi connectivity index (χ3v) is 3.32. The summed E-state index contributed by atoms with van der Waals surface area (Å²) in [5.41, 5.74) is 7.43. The van der Waals surface area contributed by atoms with E-state index in [9.17, 15) is 14.4 Å². The summed E-state index contributed by atoms with van der Waals surface area (Å²) in [6, 6.07) is 6.55. The Morgan fingerprint density at radius 1 is 1.10 bits per heavy atom. The van der Waals surface area contributed by atoms with E-state index in [-0.39, 0.29) is 28.7 Å². The van der Waals surface area contributed by atoms with Crippen molar-refractivity contribution in [2.24, 2.45) is 0 Å². The molecule has 5 heteroatoms. The van der Waals surface area contributed by atoms with Gasteiger partial charge in [-0.3, -0.25) is 19.3 Å². The SMILES string of the molecule is CC(=O)N(C1=C(C)C(=O)C(C)=CC1=O)c1ccc(N)cc1. The zero-order chi connectivity index (χ0) is 15.7. The number of hydrogen-bond acceptors (Lipinski definition) is 4. The molecule has 2 N–H and O–H groups in total. The van der Waals surface area contributed by atoms with Crippen LogP contribution in [0.1, 0.15) is 20.8 Å². The van der Waals surface area contributed by atoms with Gasteiger partial charge in [0.15, 0.2) is 5.78 Å². The lowest BCUT2D eigenvalue weighted by Gasteiger charge is -2.26. The quantitative estimate of drug-likeness (QED) is 0.665. The summed E-state index contributed by atoms with van der Waals surface area (Å²) >= 11 is 0. The van der Waals surface area contributed by atoms with E-state index in [0.29, 0.717) is 16.9 Å². The highest BCUT2D eigenvalue weighted by atomic mass is 16.2. The van der Waals surface area contributed by atoms with Gasteiger partial charge in [0.2, 0.25) is 11.7 Å². The normalized spacial score (nSPS) is 15.1. The second-order valence-corrected chi connectivity index (χ2v) is 4.94. The molecule has 2 rings (SSSR count). The van der Waals surface area contributed by atoms with E-state index in [4.69, 9.17) is 5.73 Å². The zero-order valence-electron chi connectivity index (χ0n) is 12.1. The van der Waals surface area contributed by atoms with Crippen molar-refractivity contribution in [3.63, 3.8) is 0 Å². The van der Waals surface area contributed by atoms with Crippen LogP contribution in [0, 0.1) is 0 Å². The number of anilines is 2. The van der Waals surface area contributed by atoms with E-state index in [1.165, 1.54) is 17.9 Å². The Morgan fingerprint density at radius 3 is 2.19 bits per heavy atom. The minimum atomic E-state index is -0.350. The first kappa shape index (κ1) is 14.7. The largest absolute Gasteiger partial charge is 0.399 e. The lowest BCUT2D eigenvalue weighted by Crippen LogP contribution is -2.35. The van der Waals surface area contributed by atoms with Crippen LogP contribution in [0.3, 0.4) is 0 Å². The molecule has 0 aliphatic heterocycles. The van der Waals surface area contributed by atoms with Crippen LogP contribution in [0.2, 0.25) is 0 Å². The minimum absolute atomic E-state index is 0.0999. The Kier molecular flexibility index (Phi) is 3.76. The molecule has 0 atom stereocenters. The predicted molar refractivity (Wildman–Crippen MR) is 80.5 cm³/mol. The number of carbonyl (C=O) groups is 3. The van der Waals surface area contributed by atoms with Crippen molar-refractivity contribution in [2.75, 3.05) is 10.6 Å². The van der Waals surface area contributed by atoms with Crippen molar-refractivity contribution >= 4 is 28.8 Å². The molecule has 0 heterocycles. The molecule has 0 saturated heterocycles. The smallest absolute Gasteiger partial charge is 0.228 e.